The zero-order valence-corrected chi connectivity index (χ0v) is 14.4. The molecule has 0 saturated carbocycles. The average molecular weight is 370 g/mol. The first-order valence-electron chi connectivity index (χ1n) is 8.15. The van der Waals surface area contributed by atoms with Crippen LogP contribution in [0.15, 0.2) is 54.6 Å². The molecule has 2 amide bonds. The molecular weight excluding hydrogens is 354 g/mol. The Labute approximate surface area is 154 Å². The highest BCUT2D eigenvalue weighted by Gasteiger charge is 2.07. The second-order valence-electron chi connectivity index (χ2n) is 5.48. The Balaban J connectivity index is 1.62. The first-order chi connectivity index (χ1) is 13.0. The van der Waals surface area contributed by atoms with Crippen molar-refractivity contribution in [3.63, 3.8) is 0 Å². The standard InChI is InChI=1S/C19H16F2N4O2/c1-2-27-18-10-9-17(24-25-18)12-3-5-13(6-4-12)22-19(26)23-14-7-8-15(20)16(21)11-14/h3-11H,2H2,1H3,(H2,22,23,26). The molecule has 1 aromatic heterocycles. The Hall–Kier alpha value is -3.55. The maximum absolute atomic E-state index is 13.2. The molecule has 27 heavy (non-hydrogen) atoms. The number of nitrogens with one attached hydrogen (secondary N) is 2. The number of carbonyl (C=O) groups excluding carboxylic acids is 1. The van der Waals surface area contributed by atoms with E-state index in [4.69, 9.17) is 4.74 Å². The lowest BCUT2D eigenvalue weighted by atomic mass is 10.1. The van der Waals surface area contributed by atoms with Crippen molar-refractivity contribution in [2.24, 2.45) is 0 Å². The molecular formula is C19H16F2N4O2. The van der Waals surface area contributed by atoms with Crippen LogP contribution in [0.3, 0.4) is 0 Å². The highest BCUT2D eigenvalue weighted by Crippen LogP contribution is 2.20. The second kappa shape index (κ2) is 8.22. The number of hydrogen-bond acceptors (Lipinski definition) is 4. The zero-order valence-electron chi connectivity index (χ0n) is 14.4. The van der Waals surface area contributed by atoms with Gasteiger partial charge in [0, 0.05) is 29.1 Å². The minimum absolute atomic E-state index is 0.146. The number of halogens is 2. The first-order valence-corrected chi connectivity index (χ1v) is 8.15. The van der Waals surface area contributed by atoms with Crippen LogP contribution in [0.25, 0.3) is 11.3 Å². The molecule has 138 valence electrons. The molecule has 0 aliphatic rings. The van der Waals surface area contributed by atoms with Crippen molar-refractivity contribution < 1.29 is 18.3 Å². The van der Waals surface area contributed by atoms with Crippen molar-refractivity contribution in [1.29, 1.82) is 0 Å². The highest BCUT2D eigenvalue weighted by molar-refractivity contribution is 5.99. The van der Waals surface area contributed by atoms with E-state index in [1.165, 1.54) is 6.07 Å². The minimum atomic E-state index is -1.03. The summed E-state index contributed by atoms with van der Waals surface area (Å²) in [5.41, 5.74) is 2.15. The van der Waals surface area contributed by atoms with Crippen LogP contribution in [0.5, 0.6) is 5.88 Å². The van der Waals surface area contributed by atoms with Gasteiger partial charge in [-0.25, -0.2) is 13.6 Å². The molecule has 3 aromatic rings. The summed E-state index contributed by atoms with van der Waals surface area (Å²) in [6, 6.07) is 13.0. The van der Waals surface area contributed by atoms with E-state index >= 15 is 0 Å². The monoisotopic (exact) mass is 370 g/mol. The SMILES string of the molecule is CCOc1ccc(-c2ccc(NC(=O)Nc3ccc(F)c(F)c3)cc2)nn1. The molecule has 3 rings (SSSR count). The normalized spacial score (nSPS) is 10.3. The van der Waals surface area contributed by atoms with Crippen molar-refractivity contribution >= 4 is 17.4 Å². The van der Waals surface area contributed by atoms with Crippen LogP contribution >= 0.6 is 0 Å². The Bertz CT molecular complexity index is 931. The third kappa shape index (κ3) is 4.75. The highest BCUT2D eigenvalue weighted by atomic mass is 19.2. The second-order valence-corrected chi connectivity index (χ2v) is 5.48. The molecule has 0 saturated heterocycles. The molecule has 0 spiro atoms. The maximum Gasteiger partial charge on any atom is 0.323 e. The summed E-state index contributed by atoms with van der Waals surface area (Å²) in [4.78, 5) is 12.0. The molecule has 2 N–H and O–H groups in total. The van der Waals surface area contributed by atoms with Crippen molar-refractivity contribution in [3.8, 4) is 17.1 Å². The van der Waals surface area contributed by atoms with Crippen molar-refractivity contribution in [3.05, 3.63) is 66.2 Å². The molecule has 0 fully saturated rings. The van der Waals surface area contributed by atoms with Crippen molar-refractivity contribution in [2.75, 3.05) is 17.2 Å². The maximum atomic E-state index is 13.2. The van der Waals surface area contributed by atoms with Crippen LogP contribution in [0.1, 0.15) is 6.92 Å². The summed E-state index contributed by atoms with van der Waals surface area (Å²) in [5.74, 6) is -1.56. The number of hydrogen-bond donors (Lipinski definition) is 2. The van der Waals surface area contributed by atoms with Crippen LogP contribution in [0.2, 0.25) is 0 Å². The van der Waals surface area contributed by atoms with E-state index in [0.717, 1.165) is 17.7 Å². The van der Waals surface area contributed by atoms with Gasteiger partial charge >= 0.3 is 6.03 Å². The largest absolute Gasteiger partial charge is 0.477 e. The number of rotatable bonds is 5. The lowest BCUT2D eigenvalue weighted by Gasteiger charge is -2.09. The zero-order chi connectivity index (χ0) is 19.2. The van der Waals surface area contributed by atoms with Gasteiger partial charge in [0.1, 0.15) is 0 Å². The summed E-state index contributed by atoms with van der Waals surface area (Å²) in [6.45, 7) is 2.38. The number of benzene rings is 2. The number of amides is 2. The van der Waals surface area contributed by atoms with Gasteiger partial charge in [0.25, 0.3) is 0 Å². The number of aromatic nitrogens is 2. The fraction of sp³-hybridized carbons (Fsp3) is 0.105. The van der Waals surface area contributed by atoms with Crippen LogP contribution in [-0.2, 0) is 0 Å². The Kier molecular flexibility index (Phi) is 5.55. The lowest BCUT2D eigenvalue weighted by molar-refractivity contribution is 0.262. The van der Waals surface area contributed by atoms with E-state index < -0.39 is 17.7 Å². The lowest BCUT2D eigenvalue weighted by Crippen LogP contribution is -2.19. The molecule has 0 unspecified atom stereocenters. The predicted molar refractivity (Wildman–Crippen MR) is 97.6 cm³/mol. The predicted octanol–water partition coefficient (Wildman–Crippen LogP) is 4.46. The third-order valence-corrected chi connectivity index (χ3v) is 3.55. The van der Waals surface area contributed by atoms with E-state index in [0.29, 0.717) is 23.9 Å². The quantitative estimate of drug-likeness (QED) is 0.695. The van der Waals surface area contributed by atoms with Crippen LogP contribution in [0.4, 0.5) is 25.0 Å². The summed E-state index contributed by atoms with van der Waals surface area (Å²) >= 11 is 0. The first kappa shape index (κ1) is 18.2. The Morgan fingerprint density at radius 2 is 1.63 bits per heavy atom. The molecule has 6 nitrogen and oxygen atoms in total. The van der Waals surface area contributed by atoms with Gasteiger partial charge in [-0.3, -0.25) is 0 Å². The van der Waals surface area contributed by atoms with E-state index in [9.17, 15) is 13.6 Å². The van der Waals surface area contributed by atoms with Crippen LogP contribution in [-0.4, -0.2) is 22.8 Å². The molecule has 2 aromatic carbocycles. The fourth-order valence-electron chi connectivity index (χ4n) is 2.29. The molecule has 0 aliphatic heterocycles. The number of ether oxygens (including phenoxy) is 1. The van der Waals surface area contributed by atoms with Gasteiger partial charge in [0.2, 0.25) is 5.88 Å². The van der Waals surface area contributed by atoms with Crippen molar-refractivity contribution in [2.45, 2.75) is 6.92 Å². The molecule has 8 heteroatoms. The van der Waals surface area contributed by atoms with E-state index in [1.807, 2.05) is 6.92 Å². The van der Waals surface area contributed by atoms with Gasteiger partial charge in [0.15, 0.2) is 11.6 Å². The number of nitrogens with zero attached hydrogens (tertiary/aromatic N) is 2. The number of carbonyl (C=O) groups is 1. The minimum Gasteiger partial charge on any atom is -0.477 e. The molecule has 0 radical (unpaired) electrons. The summed E-state index contributed by atoms with van der Waals surface area (Å²) < 4.78 is 31.3. The fourth-order valence-corrected chi connectivity index (χ4v) is 2.29. The summed E-state index contributed by atoms with van der Waals surface area (Å²) in [5, 5.41) is 13.1. The molecule has 0 bridgehead atoms. The summed E-state index contributed by atoms with van der Waals surface area (Å²) in [6.07, 6.45) is 0. The molecule has 0 atom stereocenters. The smallest absolute Gasteiger partial charge is 0.323 e. The number of anilines is 2. The van der Waals surface area contributed by atoms with Gasteiger partial charge in [-0.15, -0.1) is 10.2 Å². The molecule has 1 heterocycles. The van der Waals surface area contributed by atoms with Gasteiger partial charge in [-0.2, -0.15) is 0 Å². The van der Waals surface area contributed by atoms with Gasteiger partial charge in [-0.05, 0) is 37.3 Å². The van der Waals surface area contributed by atoms with Gasteiger partial charge in [0.05, 0.1) is 12.3 Å². The average Bonchev–Trinajstić information content (AvgIpc) is 2.66. The number of urea groups is 1. The van der Waals surface area contributed by atoms with Crippen molar-refractivity contribution in [1.82, 2.24) is 10.2 Å². The van der Waals surface area contributed by atoms with E-state index in [2.05, 4.69) is 20.8 Å². The topological polar surface area (TPSA) is 76.1 Å². The Morgan fingerprint density at radius 3 is 2.26 bits per heavy atom. The van der Waals surface area contributed by atoms with Crippen LogP contribution < -0.4 is 15.4 Å². The van der Waals surface area contributed by atoms with Gasteiger partial charge < -0.3 is 15.4 Å². The Morgan fingerprint density at radius 1 is 0.926 bits per heavy atom. The molecule has 0 aliphatic carbocycles. The summed E-state index contributed by atoms with van der Waals surface area (Å²) in [7, 11) is 0. The van der Waals surface area contributed by atoms with Gasteiger partial charge in [-0.1, -0.05) is 12.1 Å². The van der Waals surface area contributed by atoms with Crippen LogP contribution in [0, 0.1) is 11.6 Å². The van der Waals surface area contributed by atoms with E-state index in [-0.39, 0.29) is 5.69 Å². The third-order valence-electron chi connectivity index (χ3n) is 3.55. The van der Waals surface area contributed by atoms with E-state index in [1.54, 1.807) is 36.4 Å².